The number of carbonyl (C=O) groups excluding carboxylic acids is 2. The van der Waals surface area contributed by atoms with Crippen molar-refractivity contribution in [1.29, 1.82) is 0 Å². The van der Waals surface area contributed by atoms with E-state index in [9.17, 15) is 9.59 Å². The Morgan fingerprint density at radius 1 is 0.955 bits per heavy atom. The molecular weight excluding hydrogens is 323 g/mol. The maximum atomic E-state index is 12.5. The minimum Gasteiger partial charge on any atom is -0.276 e. The minimum absolute atomic E-state index is 0.0721. The fourth-order valence-corrected chi connectivity index (χ4v) is 2.04. The van der Waals surface area contributed by atoms with Gasteiger partial charge >= 0.3 is 6.03 Å². The van der Waals surface area contributed by atoms with Crippen LogP contribution in [0.5, 0.6) is 0 Å². The number of rotatable bonds is 4. The van der Waals surface area contributed by atoms with Crippen LogP contribution in [0.2, 0.25) is 0 Å². The molecule has 6 heteroatoms. The maximum absolute atomic E-state index is 12.5. The van der Waals surface area contributed by atoms with Gasteiger partial charge in [0.05, 0.1) is 11.4 Å². The van der Waals surface area contributed by atoms with E-state index in [1.54, 1.807) is 24.3 Å². The lowest BCUT2D eigenvalue weighted by Crippen LogP contribution is -2.44. The van der Waals surface area contributed by atoms with Crippen molar-refractivity contribution in [2.75, 3.05) is 10.8 Å². The first-order valence-electron chi connectivity index (χ1n) is 6.58. The van der Waals surface area contributed by atoms with E-state index in [0.29, 0.717) is 11.4 Å². The highest BCUT2D eigenvalue weighted by molar-refractivity contribution is 6.37. The highest BCUT2D eigenvalue weighted by Gasteiger charge is 2.23. The molecule has 22 heavy (non-hydrogen) atoms. The molecule has 2 aromatic rings. The van der Waals surface area contributed by atoms with Crippen LogP contribution in [-0.4, -0.2) is 23.2 Å². The van der Waals surface area contributed by atoms with Crippen LogP contribution in [0.4, 0.5) is 16.2 Å². The van der Waals surface area contributed by atoms with Gasteiger partial charge < -0.3 is 0 Å². The SMILES string of the molecule is O=C(NC(=O)N(c1ccccc1)c1ccccc1)C(Cl)CCl. The van der Waals surface area contributed by atoms with Gasteiger partial charge in [0.2, 0.25) is 5.91 Å². The summed E-state index contributed by atoms with van der Waals surface area (Å²) in [5.41, 5.74) is 1.27. The standard InChI is InChI=1S/C16H14Cl2N2O2/c17-11-14(18)15(21)19-16(22)20(12-7-3-1-4-8-12)13-9-5-2-6-10-13/h1-10,14H,11H2,(H,19,21,22). The quantitative estimate of drug-likeness (QED) is 0.860. The minimum atomic E-state index is -0.959. The van der Waals surface area contributed by atoms with Crippen molar-refractivity contribution in [2.24, 2.45) is 0 Å². The number of anilines is 2. The van der Waals surface area contributed by atoms with Crippen LogP contribution >= 0.6 is 23.2 Å². The molecule has 0 fully saturated rings. The molecule has 2 aromatic carbocycles. The molecule has 0 saturated carbocycles. The zero-order chi connectivity index (χ0) is 15.9. The smallest absolute Gasteiger partial charge is 0.276 e. The Bertz CT molecular complexity index is 596. The topological polar surface area (TPSA) is 49.4 Å². The fraction of sp³-hybridized carbons (Fsp3) is 0.125. The van der Waals surface area contributed by atoms with Crippen molar-refractivity contribution in [1.82, 2.24) is 5.32 Å². The zero-order valence-corrected chi connectivity index (χ0v) is 13.1. The van der Waals surface area contributed by atoms with Crippen molar-refractivity contribution in [2.45, 2.75) is 5.38 Å². The third-order valence-electron chi connectivity index (χ3n) is 2.88. The normalized spacial score (nSPS) is 11.5. The Balaban J connectivity index is 2.29. The molecule has 0 aliphatic rings. The number of benzene rings is 2. The van der Waals surface area contributed by atoms with Crippen molar-refractivity contribution >= 4 is 46.5 Å². The van der Waals surface area contributed by atoms with Crippen molar-refractivity contribution in [3.63, 3.8) is 0 Å². The molecule has 0 heterocycles. The summed E-state index contributed by atoms with van der Waals surface area (Å²) in [5.74, 6) is -0.698. The summed E-state index contributed by atoms with van der Waals surface area (Å²) in [6, 6.07) is 17.4. The van der Waals surface area contributed by atoms with Crippen molar-refractivity contribution < 1.29 is 9.59 Å². The second-order valence-corrected chi connectivity index (χ2v) is 5.26. The lowest BCUT2D eigenvalue weighted by atomic mass is 10.2. The third-order valence-corrected chi connectivity index (χ3v) is 3.70. The number of alkyl halides is 2. The molecule has 3 amide bonds. The molecule has 1 atom stereocenters. The molecule has 114 valence electrons. The fourth-order valence-electron chi connectivity index (χ4n) is 1.85. The maximum Gasteiger partial charge on any atom is 0.333 e. The van der Waals surface area contributed by atoms with Crippen LogP contribution in [0, 0.1) is 0 Å². The Morgan fingerprint density at radius 3 is 1.82 bits per heavy atom. The molecule has 0 bridgehead atoms. The molecule has 0 saturated heterocycles. The summed E-state index contributed by atoms with van der Waals surface area (Å²) in [5, 5.41) is 1.30. The summed E-state index contributed by atoms with van der Waals surface area (Å²) in [7, 11) is 0. The van der Waals surface area contributed by atoms with Gasteiger partial charge in [-0.25, -0.2) is 4.79 Å². The molecular formula is C16H14Cl2N2O2. The first-order chi connectivity index (χ1) is 10.6. The molecule has 0 aliphatic carbocycles. The first kappa shape index (κ1) is 16.3. The van der Waals surface area contributed by atoms with Gasteiger partial charge in [-0.1, -0.05) is 36.4 Å². The third kappa shape index (κ3) is 4.00. The number of hydrogen-bond acceptors (Lipinski definition) is 2. The molecule has 0 aliphatic heterocycles. The molecule has 1 N–H and O–H groups in total. The lowest BCUT2D eigenvalue weighted by molar-refractivity contribution is -0.119. The predicted octanol–water partition coefficient (Wildman–Crippen LogP) is 3.91. The first-order valence-corrected chi connectivity index (χ1v) is 7.55. The van der Waals surface area contributed by atoms with Gasteiger partial charge in [-0.3, -0.25) is 15.0 Å². The van der Waals surface area contributed by atoms with Gasteiger partial charge in [0.15, 0.2) is 0 Å². The van der Waals surface area contributed by atoms with E-state index in [1.165, 1.54) is 4.90 Å². The van der Waals surface area contributed by atoms with Gasteiger partial charge in [0.25, 0.3) is 0 Å². The van der Waals surface area contributed by atoms with Crippen LogP contribution in [0.1, 0.15) is 0 Å². The number of urea groups is 1. The zero-order valence-electron chi connectivity index (χ0n) is 11.6. The van der Waals surface area contributed by atoms with E-state index in [-0.39, 0.29) is 5.88 Å². The Labute approximate surface area is 138 Å². The van der Waals surface area contributed by atoms with Gasteiger partial charge in [-0.05, 0) is 24.3 Å². The highest BCUT2D eigenvalue weighted by Crippen LogP contribution is 2.24. The van der Waals surface area contributed by atoms with Crippen molar-refractivity contribution in [3.8, 4) is 0 Å². The average Bonchev–Trinajstić information content (AvgIpc) is 2.56. The van der Waals surface area contributed by atoms with E-state index in [0.717, 1.165) is 0 Å². The number of hydrogen-bond donors (Lipinski definition) is 1. The number of nitrogens with zero attached hydrogens (tertiary/aromatic N) is 1. The van der Waals surface area contributed by atoms with Gasteiger partial charge in [0, 0.05) is 5.88 Å². The van der Waals surface area contributed by atoms with Gasteiger partial charge in [-0.15, -0.1) is 23.2 Å². The molecule has 0 radical (unpaired) electrons. The Kier molecular flexibility index (Phi) is 5.81. The average molecular weight is 337 g/mol. The van der Waals surface area contributed by atoms with Crippen LogP contribution in [0.25, 0.3) is 0 Å². The number of para-hydroxylation sites is 2. The van der Waals surface area contributed by atoms with Gasteiger partial charge in [-0.2, -0.15) is 0 Å². The largest absolute Gasteiger partial charge is 0.333 e. The number of imide groups is 1. The Morgan fingerprint density at radius 2 is 1.41 bits per heavy atom. The molecule has 4 nitrogen and oxygen atoms in total. The number of carbonyl (C=O) groups is 2. The van der Waals surface area contributed by atoms with E-state index in [1.807, 2.05) is 36.4 Å². The second-order valence-electron chi connectivity index (χ2n) is 4.42. The lowest BCUT2D eigenvalue weighted by Gasteiger charge is -2.23. The summed E-state index contributed by atoms with van der Waals surface area (Å²) in [6.07, 6.45) is 0. The van der Waals surface area contributed by atoms with E-state index in [2.05, 4.69) is 5.32 Å². The van der Waals surface area contributed by atoms with E-state index in [4.69, 9.17) is 23.2 Å². The molecule has 2 rings (SSSR count). The summed E-state index contributed by atoms with van der Waals surface area (Å²) >= 11 is 11.3. The predicted molar refractivity (Wildman–Crippen MR) is 88.9 cm³/mol. The monoisotopic (exact) mass is 336 g/mol. The summed E-state index contributed by atoms with van der Waals surface area (Å²) in [6.45, 7) is 0. The molecule has 0 spiro atoms. The van der Waals surface area contributed by atoms with Crippen LogP contribution in [-0.2, 0) is 4.79 Å². The number of nitrogens with one attached hydrogen (secondary N) is 1. The second kappa shape index (κ2) is 7.82. The van der Waals surface area contributed by atoms with Crippen LogP contribution in [0.3, 0.4) is 0 Å². The molecule has 0 aromatic heterocycles. The molecule has 1 unspecified atom stereocenters. The van der Waals surface area contributed by atoms with E-state index >= 15 is 0 Å². The number of amides is 3. The van der Waals surface area contributed by atoms with Crippen LogP contribution in [0.15, 0.2) is 60.7 Å². The number of halogens is 2. The van der Waals surface area contributed by atoms with Gasteiger partial charge in [0.1, 0.15) is 5.38 Å². The summed E-state index contributed by atoms with van der Waals surface area (Å²) < 4.78 is 0. The summed E-state index contributed by atoms with van der Waals surface area (Å²) in [4.78, 5) is 25.6. The highest BCUT2D eigenvalue weighted by atomic mass is 35.5. The Hall–Kier alpha value is -2.04. The van der Waals surface area contributed by atoms with Crippen LogP contribution < -0.4 is 10.2 Å². The van der Waals surface area contributed by atoms with E-state index < -0.39 is 17.3 Å². The van der Waals surface area contributed by atoms with Crippen molar-refractivity contribution in [3.05, 3.63) is 60.7 Å².